The molecule has 1 aromatic carbocycles. The SMILES string of the molecule is COC(=O)c1ccc(N)c(NCCSC)c1. The maximum absolute atomic E-state index is 11.3. The zero-order valence-electron chi connectivity index (χ0n) is 9.45. The normalized spacial score (nSPS) is 9.88. The van der Waals surface area contributed by atoms with E-state index in [9.17, 15) is 4.79 Å². The molecule has 0 bridgehead atoms. The zero-order valence-corrected chi connectivity index (χ0v) is 10.3. The first-order valence-corrected chi connectivity index (χ1v) is 6.29. The van der Waals surface area contributed by atoms with Gasteiger partial charge in [-0.1, -0.05) is 0 Å². The highest BCUT2D eigenvalue weighted by Gasteiger charge is 2.07. The van der Waals surface area contributed by atoms with E-state index >= 15 is 0 Å². The Morgan fingerprint density at radius 2 is 2.31 bits per heavy atom. The third-order valence-corrected chi connectivity index (χ3v) is 2.71. The zero-order chi connectivity index (χ0) is 12.0. The molecule has 0 aliphatic heterocycles. The van der Waals surface area contributed by atoms with Crippen molar-refractivity contribution in [2.24, 2.45) is 0 Å². The summed E-state index contributed by atoms with van der Waals surface area (Å²) in [7, 11) is 1.36. The summed E-state index contributed by atoms with van der Waals surface area (Å²) < 4.78 is 4.65. The Morgan fingerprint density at radius 1 is 1.56 bits per heavy atom. The molecule has 0 aliphatic rings. The van der Waals surface area contributed by atoms with Gasteiger partial charge in [-0.15, -0.1) is 0 Å². The number of benzene rings is 1. The number of esters is 1. The van der Waals surface area contributed by atoms with E-state index in [0.717, 1.165) is 18.0 Å². The third-order valence-electron chi connectivity index (χ3n) is 2.10. The fraction of sp³-hybridized carbons (Fsp3) is 0.364. The van der Waals surface area contributed by atoms with Crippen molar-refractivity contribution < 1.29 is 9.53 Å². The molecule has 0 unspecified atom stereocenters. The molecule has 5 heteroatoms. The van der Waals surface area contributed by atoms with Gasteiger partial charge in [0.2, 0.25) is 0 Å². The molecule has 0 heterocycles. The van der Waals surface area contributed by atoms with Crippen molar-refractivity contribution in [1.29, 1.82) is 0 Å². The van der Waals surface area contributed by atoms with Gasteiger partial charge in [0, 0.05) is 12.3 Å². The minimum absolute atomic E-state index is 0.354. The second kappa shape index (κ2) is 6.27. The standard InChI is InChI=1S/C11H16N2O2S/c1-15-11(14)8-3-4-9(12)10(7-8)13-5-6-16-2/h3-4,7,13H,5-6,12H2,1-2H3. The van der Waals surface area contributed by atoms with Crippen LogP contribution in [0.4, 0.5) is 11.4 Å². The Labute approximate surface area is 99.5 Å². The number of carbonyl (C=O) groups is 1. The van der Waals surface area contributed by atoms with Crippen LogP contribution in [0.3, 0.4) is 0 Å². The van der Waals surface area contributed by atoms with Gasteiger partial charge in [0.15, 0.2) is 0 Å². The number of hydrogen-bond donors (Lipinski definition) is 2. The number of carbonyl (C=O) groups excluding carboxylic acids is 1. The lowest BCUT2D eigenvalue weighted by Crippen LogP contribution is -2.08. The summed E-state index contributed by atoms with van der Waals surface area (Å²) in [4.78, 5) is 11.3. The van der Waals surface area contributed by atoms with Crippen molar-refractivity contribution in [3.8, 4) is 0 Å². The van der Waals surface area contributed by atoms with E-state index in [4.69, 9.17) is 5.73 Å². The highest BCUT2D eigenvalue weighted by Crippen LogP contribution is 2.20. The van der Waals surface area contributed by atoms with Gasteiger partial charge in [-0.25, -0.2) is 4.79 Å². The fourth-order valence-electron chi connectivity index (χ4n) is 1.24. The second-order valence-electron chi connectivity index (χ2n) is 3.21. The lowest BCUT2D eigenvalue weighted by molar-refractivity contribution is 0.0601. The number of hydrogen-bond acceptors (Lipinski definition) is 5. The van der Waals surface area contributed by atoms with Gasteiger partial charge < -0.3 is 15.8 Å². The van der Waals surface area contributed by atoms with Gasteiger partial charge in [0.25, 0.3) is 0 Å². The molecule has 1 rings (SSSR count). The van der Waals surface area contributed by atoms with Gasteiger partial charge in [0.05, 0.1) is 24.0 Å². The summed E-state index contributed by atoms with van der Waals surface area (Å²) in [6, 6.07) is 5.07. The molecule has 0 aromatic heterocycles. The molecular weight excluding hydrogens is 224 g/mol. The van der Waals surface area contributed by atoms with E-state index in [2.05, 4.69) is 10.1 Å². The summed E-state index contributed by atoms with van der Waals surface area (Å²) in [6.07, 6.45) is 2.04. The van der Waals surface area contributed by atoms with Crippen LogP contribution in [0.25, 0.3) is 0 Å². The van der Waals surface area contributed by atoms with Gasteiger partial charge >= 0.3 is 5.97 Å². The molecule has 88 valence electrons. The van der Waals surface area contributed by atoms with Crippen molar-refractivity contribution in [2.75, 3.05) is 36.7 Å². The monoisotopic (exact) mass is 240 g/mol. The van der Waals surface area contributed by atoms with Crippen LogP contribution in [0.1, 0.15) is 10.4 Å². The molecule has 0 amide bonds. The molecule has 0 radical (unpaired) electrons. The summed E-state index contributed by atoms with van der Waals surface area (Å²) in [5.41, 5.74) is 7.70. The number of thioether (sulfide) groups is 1. The van der Waals surface area contributed by atoms with E-state index in [1.54, 1.807) is 30.0 Å². The van der Waals surface area contributed by atoms with E-state index in [-0.39, 0.29) is 5.97 Å². The lowest BCUT2D eigenvalue weighted by atomic mass is 10.1. The Bertz CT molecular complexity index is 369. The quantitative estimate of drug-likeness (QED) is 0.467. The van der Waals surface area contributed by atoms with Crippen LogP contribution in [0.15, 0.2) is 18.2 Å². The molecule has 0 spiro atoms. The Morgan fingerprint density at radius 3 is 2.94 bits per heavy atom. The highest BCUT2D eigenvalue weighted by molar-refractivity contribution is 7.98. The average Bonchev–Trinajstić information content (AvgIpc) is 2.31. The van der Waals surface area contributed by atoms with E-state index in [1.807, 2.05) is 6.26 Å². The predicted molar refractivity (Wildman–Crippen MR) is 69.1 cm³/mol. The first-order chi connectivity index (χ1) is 7.69. The van der Waals surface area contributed by atoms with E-state index in [0.29, 0.717) is 11.3 Å². The summed E-state index contributed by atoms with van der Waals surface area (Å²) in [5.74, 6) is 0.634. The number of nitrogens with two attached hydrogens (primary N) is 1. The van der Waals surface area contributed by atoms with Crippen LogP contribution in [0.5, 0.6) is 0 Å². The molecular formula is C11H16N2O2S. The van der Waals surface area contributed by atoms with Crippen LogP contribution < -0.4 is 11.1 Å². The Kier molecular flexibility index (Phi) is 4.98. The minimum Gasteiger partial charge on any atom is -0.465 e. The summed E-state index contributed by atoms with van der Waals surface area (Å²) >= 11 is 1.75. The van der Waals surface area contributed by atoms with Crippen LogP contribution in [-0.2, 0) is 4.74 Å². The first kappa shape index (κ1) is 12.7. The largest absolute Gasteiger partial charge is 0.465 e. The highest BCUT2D eigenvalue weighted by atomic mass is 32.2. The molecule has 0 saturated heterocycles. The molecule has 0 fully saturated rings. The number of nitrogen functional groups attached to an aromatic ring is 1. The molecule has 1 aromatic rings. The van der Waals surface area contributed by atoms with Crippen molar-refractivity contribution in [3.05, 3.63) is 23.8 Å². The van der Waals surface area contributed by atoms with Gasteiger partial charge in [0.1, 0.15) is 0 Å². The van der Waals surface area contributed by atoms with Crippen LogP contribution in [-0.4, -0.2) is 31.6 Å². The summed E-state index contributed by atoms with van der Waals surface area (Å²) in [6.45, 7) is 0.815. The first-order valence-electron chi connectivity index (χ1n) is 4.89. The van der Waals surface area contributed by atoms with Crippen LogP contribution >= 0.6 is 11.8 Å². The lowest BCUT2D eigenvalue weighted by Gasteiger charge is -2.09. The topological polar surface area (TPSA) is 64.3 Å². The average molecular weight is 240 g/mol. The van der Waals surface area contributed by atoms with Crippen molar-refractivity contribution in [1.82, 2.24) is 0 Å². The maximum atomic E-state index is 11.3. The van der Waals surface area contributed by atoms with Gasteiger partial charge in [-0.3, -0.25) is 0 Å². The fourth-order valence-corrected chi connectivity index (χ4v) is 1.55. The molecule has 0 saturated carbocycles. The van der Waals surface area contributed by atoms with Crippen molar-refractivity contribution in [3.63, 3.8) is 0 Å². The Balaban J connectivity index is 2.78. The number of nitrogens with one attached hydrogen (secondary N) is 1. The number of methoxy groups -OCH3 is 1. The van der Waals surface area contributed by atoms with Crippen molar-refractivity contribution >= 4 is 29.1 Å². The predicted octanol–water partition coefficient (Wildman–Crippen LogP) is 1.83. The maximum Gasteiger partial charge on any atom is 0.337 e. The van der Waals surface area contributed by atoms with Crippen molar-refractivity contribution in [2.45, 2.75) is 0 Å². The number of ether oxygens (including phenoxy) is 1. The Hall–Kier alpha value is -1.36. The number of rotatable bonds is 5. The minimum atomic E-state index is -0.354. The molecule has 0 aliphatic carbocycles. The third kappa shape index (κ3) is 3.34. The second-order valence-corrected chi connectivity index (χ2v) is 4.20. The number of anilines is 2. The molecule has 3 N–H and O–H groups in total. The van der Waals surface area contributed by atoms with Gasteiger partial charge in [-0.2, -0.15) is 11.8 Å². The van der Waals surface area contributed by atoms with E-state index in [1.165, 1.54) is 7.11 Å². The molecule has 16 heavy (non-hydrogen) atoms. The summed E-state index contributed by atoms with van der Waals surface area (Å²) in [5, 5.41) is 3.18. The van der Waals surface area contributed by atoms with Crippen LogP contribution in [0, 0.1) is 0 Å². The smallest absolute Gasteiger partial charge is 0.337 e. The molecule has 4 nitrogen and oxygen atoms in total. The van der Waals surface area contributed by atoms with Gasteiger partial charge in [-0.05, 0) is 24.5 Å². The van der Waals surface area contributed by atoms with E-state index < -0.39 is 0 Å². The molecule has 0 atom stereocenters. The van der Waals surface area contributed by atoms with Crippen LogP contribution in [0.2, 0.25) is 0 Å².